The summed E-state index contributed by atoms with van der Waals surface area (Å²) in [7, 11) is -3.97. The molecule has 5 rings (SSSR count). The Balaban J connectivity index is 1.68. The first-order chi connectivity index (χ1) is 17.3. The monoisotopic (exact) mass is 509 g/mol. The molecule has 0 bridgehead atoms. The van der Waals surface area contributed by atoms with Crippen molar-refractivity contribution < 1.29 is 22.6 Å². The number of nitrogen functional groups attached to an aromatic ring is 1. The van der Waals surface area contributed by atoms with Crippen molar-refractivity contribution >= 4 is 32.3 Å². The van der Waals surface area contributed by atoms with E-state index < -0.39 is 9.84 Å². The molecule has 0 unspecified atom stereocenters. The van der Waals surface area contributed by atoms with Crippen LogP contribution in [0.25, 0.3) is 16.7 Å². The SMILES string of the molecule is Cc1ccc(S(=O)(=O)c2cc3c(=O)n4cc(C)ccc4nc3[n+](CCC[NH+]3CCOCC3)c2N)cc1. The van der Waals surface area contributed by atoms with E-state index in [4.69, 9.17) is 15.5 Å². The molecule has 1 aliphatic rings. The molecule has 1 aromatic carbocycles. The number of anilines is 1. The van der Waals surface area contributed by atoms with Crippen molar-refractivity contribution in [3.8, 4) is 0 Å². The lowest BCUT2D eigenvalue weighted by atomic mass is 10.2. The highest BCUT2D eigenvalue weighted by molar-refractivity contribution is 7.91. The first-order valence-corrected chi connectivity index (χ1v) is 13.6. The van der Waals surface area contributed by atoms with E-state index in [2.05, 4.69) is 0 Å². The molecule has 4 heterocycles. The number of nitrogens with one attached hydrogen (secondary N) is 1. The molecule has 1 fully saturated rings. The van der Waals surface area contributed by atoms with E-state index in [1.165, 1.54) is 15.4 Å². The van der Waals surface area contributed by atoms with Gasteiger partial charge in [0.2, 0.25) is 21.3 Å². The number of rotatable bonds is 6. The maximum atomic E-state index is 13.7. The molecule has 3 aromatic heterocycles. The third kappa shape index (κ3) is 4.47. The molecule has 1 aliphatic heterocycles. The van der Waals surface area contributed by atoms with Gasteiger partial charge in [-0.1, -0.05) is 28.7 Å². The van der Waals surface area contributed by atoms with Crippen LogP contribution < -0.4 is 20.8 Å². The van der Waals surface area contributed by atoms with Crippen molar-refractivity contribution in [1.29, 1.82) is 0 Å². The van der Waals surface area contributed by atoms with Crippen LogP contribution in [0, 0.1) is 13.8 Å². The lowest BCUT2D eigenvalue weighted by Gasteiger charge is -2.23. The Morgan fingerprint density at radius 1 is 1.08 bits per heavy atom. The van der Waals surface area contributed by atoms with Gasteiger partial charge in [0.05, 0.1) is 31.2 Å². The summed E-state index contributed by atoms with van der Waals surface area (Å²) in [4.78, 5) is 19.8. The number of hydrogen-bond acceptors (Lipinski definition) is 6. The molecule has 0 aliphatic carbocycles. The molecule has 0 amide bonds. The van der Waals surface area contributed by atoms with Crippen LogP contribution in [0.4, 0.5) is 5.82 Å². The normalized spacial score (nSPS) is 15.1. The number of aromatic nitrogens is 3. The maximum absolute atomic E-state index is 13.7. The predicted molar refractivity (Wildman–Crippen MR) is 136 cm³/mol. The maximum Gasteiger partial charge on any atom is 0.278 e. The minimum Gasteiger partial charge on any atom is -0.370 e. The average Bonchev–Trinajstić information content (AvgIpc) is 2.87. The molecule has 188 valence electrons. The van der Waals surface area contributed by atoms with E-state index in [9.17, 15) is 13.2 Å². The summed E-state index contributed by atoms with van der Waals surface area (Å²) in [5, 5.41) is 0.219. The van der Waals surface area contributed by atoms with Gasteiger partial charge in [-0.05, 0) is 43.7 Å². The van der Waals surface area contributed by atoms with Crippen LogP contribution in [0.3, 0.4) is 0 Å². The Bertz CT molecular complexity index is 1610. The van der Waals surface area contributed by atoms with E-state index in [1.807, 2.05) is 19.9 Å². The number of quaternary nitrogens is 1. The van der Waals surface area contributed by atoms with Gasteiger partial charge in [0.1, 0.15) is 23.4 Å². The second-order valence-electron chi connectivity index (χ2n) is 9.42. The molecule has 36 heavy (non-hydrogen) atoms. The fraction of sp³-hybridized carbons (Fsp3) is 0.346. The van der Waals surface area contributed by atoms with Crippen LogP contribution >= 0.6 is 0 Å². The molecular formula is C26H31N5O4S+2. The van der Waals surface area contributed by atoms with Gasteiger partial charge < -0.3 is 15.4 Å². The molecule has 10 heteroatoms. The molecule has 9 nitrogen and oxygen atoms in total. The second-order valence-corrected chi connectivity index (χ2v) is 11.3. The fourth-order valence-electron chi connectivity index (χ4n) is 4.71. The van der Waals surface area contributed by atoms with E-state index in [1.54, 1.807) is 41.1 Å². The van der Waals surface area contributed by atoms with Crippen LogP contribution in [0.2, 0.25) is 0 Å². The standard InChI is InChI=1S/C26H29N5O4S/c1-18-4-7-20(8-5-18)36(33,34)22-16-21-25(28-23-9-6-19(2)17-31(23)26(21)32)30(24(22)27)11-3-10-29-12-14-35-15-13-29/h4-9,16-17,27H,3,10-15H2,1-2H3/p+2. The Morgan fingerprint density at radius 2 is 1.78 bits per heavy atom. The van der Waals surface area contributed by atoms with Crippen LogP contribution in [0.1, 0.15) is 17.5 Å². The quantitative estimate of drug-likeness (QED) is 0.289. The predicted octanol–water partition coefficient (Wildman–Crippen LogP) is 0.472. The zero-order valence-corrected chi connectivity index (χ0v) is 21.3. The van der Waals surface area contributed by atoms with Crippen LogP contribution in [0.5, 0.6) is 0 Å². The van der Waals surface area contributed by atoms with Gasteiger partial charge in [-0.25, -0.2) is 13.0 Å². The van der Waals surface area contributed by atoms with E-state index in [0.29, 0.717) is 17.8 Å². The van der Waals surface area contributed by atoms with Crippen molar-refractivity contribution in [3.05, 3.63) is 70.1 Å². The first kappa shape index (κ1) is 24.4. The summed E-state index contributed by atoms with van der Waals surface area (Å²) >= 11 is 0. The Kier molecular flexibility index (Phi) is 6.50. The third-order valence-electron chi connectivity index (χ3n) is 6.79. The van der Waals surface area contributed by atoms with Gasteiger partial charge in [0, 0.05) is 12.6 Å². The van der Waals surface area contributed by atoms with Gasteiger partial charge in [0.15, 0.2) is 0 Å². The highest BCUT2D eigenvalue weighted by Gasteiger charge is 2.29. The van der Waals surface area contributed by atoms with Crippen molar-refractivity contribution in [2.45, 2.75) is 36.6 Å². The third-order valence-corrected chi connectivity index (χ3v) is 8.59. The number of ether oxygens (including phenoxy) is 1. The van der Waals surface area contributed by atoms with Gasteiger partial charge in [-0.3, -0.25) is 9.20 Å². The summed E-state index contributed by atoms with van der Waals surface area (Å²) in [6, 6.07) is 11.7. The number of nitrogens with zero attached hydrogens (tertiary/aromatic N) is 3. The highest BCUT2D eigenvalue weighted by atomic mass is 32.2. The number of sulfone groups is 1. The Morgan fingerprint density at radius 3 is 2.50 bits per heavy atom. The van der Waals surface area contributed by atoms with Gasteiger partial charge in [-0.15, -0.1) is 0 Å². The molecule has 0 spiro atoms. The van der Waals surface area contributed by atoms with Crippen molar-refractivity contribution in [3.63, 3.8) is 0 Å². The zero-order valence-electron chi connectivity index (χ0n) is 20.5. The van der Waals surface area contributed by atoms with Gasteiger partial charge >= 0.3 is 0 Å². The average molecular weight is 510 g/mol. The molecular weight excluding hydrogens is 478 g/mol. The van der Waals surface area contributed by atoms with E-state index in [-0.39, 0.29) is 26.6 Å². The number of morpholine rings is 1. The molecule has 4 aromatic rings. The molecule has 0 radical (unpaired) electrons. The summed E-state index contributed by atoms with van der Waals surface area (Å²) in [6.45, 7) is 8.46. The van der Waals surface area contributed by atoms with E-state index in [0.717, 1.165) is 50.4 Å². The zero-order chi connectivity index (χ0) is 25.4. The number of nitrogens with two attached hydrogens (primary N) is 1. The van der Waals surface area contributed by atoms with Crippen molar-refractivity contribution in [2.75, 3.05) is 38.6 Å². The molecule has 0 saturated carbocycles. The number of fused-ring (bicyclic) bond motifs is 2. The summed E-state index contributed by atoms with van der Waals surface area (Å²) in [5.41, 5.74) is 8.94. The Labute approximate surface area is 209 Å². The summed E-state index contributed by atoms with van der Waals surface area (Å²) in [6.07, 6.45) is 2.46. The number of benzene rings is 1. The lowest BCUT2D eigenvalue weighted by molar-refractivity contribution is -0.910. The van der Waals surface area contributed by atoms with Crippen LogP contribution in [0.15, 0.2) is 63.2 Å². The number of pyridine rings is 2. The summed E-state index contributed by atoms with van der Waals surface area (Å²) in [5.74, 6) is 0.0865. The fourth-order valence-corrected chi connectivity index (χ4v) is 6.12. The van der Waals surface area contributed by atoms with Crippen LogP contribution in [-0.2, 0) is 21.1 Å². The number of aryl methyl sites for hydroxylation is 3. The molecule has 0 atom stereocenters. The molecule has 1 saturated heterocycles. The van der Waals surface area contributed by atoms with Gasteiger partial charge in [-0.2, -0.15) is 0 Å². The lowest BCUT2D eigenvalue weighted by Crippen LogP contribution is -3.14. The minimum atomic E-state index is -3.97. The summed E-state index contributed by atoms with van der Waals surface area (Å²) < 4.78 is 35.9. The largest absolute Gasteiger partial charge is 0.370 e. The Hall–Kier alpha value is -3.34. The molecule has 3 N–H and O–H groups in total. The topological polar surface area (TPSA) is 112 Å². The van der Waals surface area contributed by atoms with Crippen LogP contribution in [-0.4, -0.2) is 50.7 Å². The second kappa shape index (κ2) is 9.61. The van der Waals surface area contributed by atoms with Crippen molar-refractivity contribution in [2.24, 2.45) is 0 Å². The van der Waals surface area contributed by atoms with Crippen molar-refractivity contribution in [1.82, 2.24) is 9.38 Å². The number of hydrogen-bond donors (Lipinski definition) is 2. The minimum absolute atomic E-state index is 0.0796. The van der Waals surface area contributed by atoms with E-state index >= 15 is 0 Å². The van der Waals surface area contributed by atoms with Gasteiger partial charge in [0.25, 0.3) is 11.2 Å². The smallest absolute Gasteiger partial charge is 0.278 e. The first-order valence-electron chi connectivity index (χ1n) is 12.1. The highest BCUT2D eigenvalue weighted by Crippen LogP contribution is 2.26.